The second-order valence-electron chi connectivity index (χ2n) is 27.2. The largest absolute Gasteiger partial charge is 0.396 e. The van der Waals surface area contributed by atoms with Crippen LogP contribution < -0.4 is 0 Å². The summed E-state index contributed by atoms with van der Waals surface area (Å²) in [6, 6.07) is 0. The van der Waals surface area contributed by atoms with Gasteiger partial charge in [0.1, 0.15) is 0 Å². The normalized spacial score (nSPS) is 11.8. The lowest BCUT2D eigenvalue weighted by Gasteiger charge is -2.09. The summed E-state index contributed by atoms with van der Waals surface area (Å²) in [4.78, 5) is 0. The zero-order valence-corrected chi connectivity index (χ0v) is 74.5. The Kier molecular flexibility index (Phi) is 115. The van der Waals surface area contributed by atoms with Crippen LogP contribution in [-0.2, 0) is 147 Å². The van der Waals surface area contributed by atoms with E-state index < -0.39 is 0 Å². The van der Waals surface area contributed by atoms with Crippen LogP contribution in [0.3, 0.4) is 0 Å². The Balaban J connectivity index is 3.10. The van der Waals surface area contributed by atoms with Crippen molar-refractivity contribution in [1.82, 2.24) is 0 Å². The van der Waals surface area contributed by atoms with Gasteiger partial charge in [0.05, 0.1) is 126 Å². The van der Waals surface area contributed by atoms with Crippen molar-refractivity contribution < 1.29 is 152 Å². The monoisotopic (exact) mass is 1730 g/mol. The SMILES string of the molecule is C=CCOCCOCCOCCOCCOCCOCCOCCOCCOCCOCCCOCCCOCCCOCCCOCCCOCCCOCCCOCCCOCCCOCCCOCCCOCCCOCCCOCCCOCCCOCCCOCCCOCCCOCCCOCCCOCCCOCCCO. The number of aliphatic hydroxyl groups is 1. The molecule has 0 aromatic heterocycles. The predicted octanol–water partition coefficient (Wildman–Crippen LogP) is 9.26. The van der Waals surface area contributed by atoms with E-state index in [2.05, 4.69) is 6.58 Å². The Labute approximate surface area is 719 Å². The molecular formula is C87H174O32. The fraction of sp³-hybridized carbons (Fsp3) is 0.977. The van der Waals surface area contributed by atoms with Gasteiger partial charge in [0, 0.05) is 291 Å². The highest BCUT2D eigenvalue weighted by Crippen LogP contribution is 2.02. The molecule has 0 aliphatic rings. The fourth-order valence-electron chi connectivity index (χ4n) is 9.98. The molecule has 0 aromatic carbocycles. The van der Waals surface area contributed by atoms with E-state index in [9.17, 15) is 0 Å². The third-order valence-electron chi connectivity index (χ3n) is 16.2. The molecule has 0 amide bonds. The van der Waals surface area contributed by atoms with Crippen LogP contribution in [0.15, 0.2) is 12.7 Å². The van der Waals surface area contributed by atoms with Gasteiger partial charge in [-0.15, -0.1) is 6.58 Å². The second kappa shape index (κ2) is 116. The lowest BCUT2D eigenvalue weighted by atomic mass is 10.4. The first-order chi connectivity index (χ1) is 59.4. The zero-order chi connectivity index (χ0) is 84.7. The van der Waals surface area contributed by atoms with Crippen molar-refractivity contribution in [1.29, 1.82) is 0 Å². The van der Waals surface area contributed by atoms with Gasteiger partial charge in [-0.25, -0.2) is 0 Å². The lowest BCUT2D eigenvalue weighted by Crippen LogP contribution is -2.15. The molecule has 119 heavy (non-hydrogen) atoms. The third kappa shape index (κ3) is 116. The lowest BCUT2D eigenvalue weighted by molar-refractivity contribution is -0.0264. The minimum Gasteiger partial charge on any atom is -0.396 e. The molecule has 1 N–H and O–H groups in total. The summed E-state index contributed by atoms with van der Waals surface area (Å²) in [7, 11) is 0. The van der Waals surface area contributed by atoms with Gasteiger partial charge in [0.25, 0.3) is 0 Å². The number of ether oxygens (including phenoxy) is 31. The van der Waals surface area contributed by atoms with Gasteiger partial charge in [-0.2, -0.15) is 0 Å². The van der Waals surface area contributed by atoms with Crippen molar-refractivity contribution in [2.75, 3.05) is 416 Å². The molecule has 0 atom stereocenters. The topological polar surface area (TPSA) is 306 Å². The van der Waals surface area contributed by atoms with E-state index in [0.717, 1.165) is 135 Å². The molecule has 0 aliphatic carbocycles. The molecule has 0 bridgehead atoms. The average molecular weight is 1730 g/mol. The van der Waals surface area contributed by atoms with Crippen molar-refractivity contribution in [2.24, 2.45) is 0 Å². The maximum Gasteiger partial charge on any atom is 0.0704 e. The summed E-state index contributed by atoms with van der Waals surface area (Å²) < 4.78 is 174. The molecule has 0 aromatic rings. The van der Waals surface area contributed by atoms with Crippen LogP contribution in [0.5, 0.6) is 0 Å². The number of hydrogen-bond donors (Lipinski definition) is 1. The predicted molar refractivity (Wildman–Crippen MR) is 454 cm³/mol. The molecular weight excluding hydrogens is 1560 g/mol. The summed E-state index contributed by atoms with van der Waals surface area (Å²) in [5.74, 6) is 0. The van der Waals surface area contributed by atoms with Crippen LogP contribution >= 0.6 is 0 Å². The molecule has 0 spiro atoms. The van der Waals surface area contributed by atoms with E-state index in [1.54, 1.807) is 6.08 Å². The van der Waals surface area contributed by atoms with Crippen LogP contribution in [0.25, 0.3) is 0 Å². The first kappa shape index (κ1) is 117. The maximum atomic E-state index is 8.72. The van der Waals surface area contributed by atoms with Gasteiger partial charge in [0.15, 0.2) is 0 Å². The van der Waals surface area contributed by atoms with Crippen LogP contribution in [-0.4, -0.2) is 421 Å². The maximum absolute atomic E-state index is 8.72. The van der Waals surface area contributed by atoms with Crippen molar-refractivity contribution >= 4 is 0 Å². The molecule has 0 rings (SSSR count). The first-order valence-corrected chi connectivity index (χ1v) is 45.5. The average Bonchev–Trinajstić information content (AvgIpc) is 1.70. The Hall–Kier alpha value is -1.54. The highest BCUT2D eigenvalue weighted by atomic mass is 16.6. The standard InChI is InChI=1S/C87H174O32/c1-2-26-89-70-72-112-74-76-114-78-80-116-82-84-118-86-87-119-85-83-117-81-79-115-77-75-113-73-71-111-69-24-68-110-67-23-66-109-65-22-64-108-63-21-62-107-61-20-60-106-59-19-58-105-57-18-56-104-55-17-54-103-53-16-52-102-51-15-50-101-49-14-48-100-47-13-46-99-45-12-44-98-43-11-42-97-41-10-40-96-39-9-38-95-37-8-36-94-35-7-34-93-33-6-32-92-31-5-30-91-29-4-28-90-27-3-25-88/h2,88H,1,3-87H2. The van der Waals surface area contributed by atoms with Gasteiger partial charge >= 0.3 is 0 Å². The van der Waals surface area contributed by atoms with Crippen LogP contribution in [0.2, 0.25) is 0 Å². The molecule has 32 nitrogen and oxygen atoms in total. The van der Waals surface area contributed by atoms with E-state index >= 15 is 0 Å². The van der Waals surface area contributed by atoms with Gasteiger partial charge in [-0.05, 0) is 141 Å². The molecule has 0 saturated carbocycles. The van der Waals surface area contributed by atoms with Gasteiger partial charge in [0.2, 0.25) is 0 Å². The number of aliphatic hydroxyl groups excluding tert-OH is 1. The zero-order valence-electron chi connectivity index (χ0n) is 74.5. The summed E-state index contributed by atoms with van der Waals surface area (Å²) in [6.07, 6.45) is 20.8. The minimum atomic E-state index is 0.173. The minimum absolute atomic E-state index is 0.173. The molecule has 0 unspecified atom stereocenters. The number of rotatable bonds is 116. The van der Waals surface area contributed by atoms with Crippen molar-refractivity contribution in [2.45, 2.75) is 141 Å². The van der Waals surface area contributed by atoms with Crippen LogP contribution in [0.1, 0.15) is 141 Å². The quantitative estimate of drug-likeness (QED) is 0.0438. The van der Waals surface area contributed by atoms with Crippen molar-refractivity contribution in [3.63, 3.8) is 0 Å². The fourth-order valence-corrected chi connectivity index (χ4v) is 9.98. The Bertz CT molecular complexity index is 1670. The molecule has 0 aliphatic heterocycles. The molecule has 0 radical (unpaired) electrons. The summed E-state index contributed by atoms with van der Waals surface area (Å²) in [6.45, 7) is 43.2. The van der Waals surface area contributed by atoms with Crippen LogP contribution in [0, 0.1) is 0 Å². The van der Waals surface area contributed by atoms with Crippen LogP contribution in [0.4, 0.5) is 0 Å². The van der Waals surface area contributed by atoms with Gasteiger partial charge < -0.3 is 152 Å². The summed E-state index contributed by atoms with van der Waals surface area (Å²) in [5.41, 5.74) is 0. The Morgan fingerprint density at radius 3 is 0.277 bits per heavy atom. The van der Waals surface area contributed by atoms with E-state index in [4.69, 9.17) is 152 Å². The van der Waals surface area contributed by atoms with Crippen molar-refractivity contribution in [3.8, 4) is 0 Å². The van der Waals surface area contributed by atoms with E-state index in [1.807, 2.05) is 0 Å². The highest BCUT2D eigenvalue weighted by Gasteiger charge is 2.05. The Morgan fingerprint density at radius 1 is 0.109 bits per heavy atom. The molecule has 0 fully saturated rings. The summed E-state index contributed by atoms with van der Waals surface area (Å²) in [5, 5.41) is 8.72. The third-order valence-corrected chi connectivity index (χ3v) is 16.2. The summed E-state index contributed by atoms with van der Waals surface area (Å²) >= 11 is 0. The molecule has 0 saturated heterocycles. The molecule has 32 heteroatoms. The Morgan fingerprint density at radius 2 is 0.185 bits per heavy atom. The van der Waals surface area contributed by atoms with Gasteiger partial charge in [-0.1, -0.05) is 6.08 Å². The molecule has 0 heterocycles. The second-order valence-corrected chi connectivity index (χ2v) is 27.2. The highest BCUT2D eigenvalue weighted by molar-refractivity contribution is 4.63. The van der Waals surface area contributed by atoms with E-state index in [-0.39, 0.29) is 6.61 Å². The van der Waals surface area contributed by atoms with E-state index in [0.29, 0.717) is 416 Å². The smallest absolute Gasteiger partial charge is 0.0704 e. The number of hydrogen-bond acceptors (Lipinski definition) is 32. The van der Waals surface area contributed by atoms with E-state index in [1.165, 1.54) is 0 Å². The van der Waals surface area contributed by atoms with Crippen molar-refractivity contribution in [3.05, 3.63) is 12.7 Å². The van der Waals surface area contributed by atoms with Gasteiger partial charge in [-0.3, -0.25) is 0 Å². The molecule has 714 valence electrons. The first-order valence-electron chi connectivity index (χ1n) is 45.5.